The second-order valence-corrected chi connectivity index (χ2v) is 6.31. The van der Waals surface area contributed by atoms with E-state index < -0.39 is 21.2 Å². The lowest BCUT2D eigenvalue weighted by molar-refractivity contribution is 0.160. The van der Waals surface area contributed by atoms with Crippen LogP contribution in [-0.4, -0.2) is 29.5 Å². The first-order valence-corrected chi connectivity index (χ1v) is 6.86. The van der Waals surface area contributed by atoms with E-state index in [-0.39, 0.29) is 5.75 Å². The first kappa shape index (κ1) is 10.7. The highest BCUT2D eigenvalue weighted by molar-refractivity contribution is 7.92. The molecule has 0 amide bonds. The van der Waals surface area contributed by atoms with Crippen LogP contribution in [0.5, 0.6) is 0 Å². The number of rotatable bonds is 2. The van der Waals surface area contributed by atoms with Crippen molar-refractivity contribution in [2.75, 3.05) is 5.75 Å². The summed E-state index contributed by atoms with van der Waals surface area (Å²) in [5.74, 6) is 0.204. The zero-order chi connectivity index (χ0) is 10.9. The van der Waals surface area contributed by atoms with Crippen molar-refractivity contribution in [3.8, 4) is 0 Å². The molecule has 2 N–H and O–H groups in total. The summed E-state index contributed by atoms with van der Waals surface area (Å²) in [5.41, 5.74) is 0.588. The molecule has 0 bridgehead atoms. The van der Waals surface area contributed by atoms with E-state index in [0.29, 0.717) is 12.1 Å². The van der Waals surface area contributed by atoms with Gasteiger partial charge in [0.25, 0.3) is 0 Å². The molecule has 2 rings (SSSR count). The van der Waals surface area contributed by atoms with Gasteiger partial charge >= 0.3 is 0 Å². The maximum atomic E-state index is 11.7. The van der Waals surface area contributed by atoms with Crippen molar-refractivity contribution in [1.29, 1.82) is 0 Å². The normalized spacial score (nSPS) is 27.4. The van der Waals surface area contributed by atoms with Crippen LogP contribution in [0, 0.1) is 0 Å². The first-order chi connectivity index (χ1) is 7.11. The van der Waals surface area contributed by atoms with Crippen molar-refractivity contribution in [2.24, 2.45) is 0 Å². The quantitative estimate of drug-likeness (QED) is 0.795. The molecule has 1 aromatic rings. The van der Waals surface area contributed by atoms with Crippen LogP contribution < -0.4 is 0 Å². The van der Waals surface area contributed by atoms with Gasteiger partial charge in [-0.3, -0.25) is 0 Å². The monoisotopic (exact) mass is 229 g/mol. The highest BCUT2D eigenvalue weighted by Crippen LogP contribution is 2.29. The summed E-state index contributed by atoms with van der Waals surface area (Å²) in [6.07, 6.45) is 2.93. The highest BCUT2D eigenvalue weighted by Gasteiger charge is 2.35. The van der Waals surface area contributed by atoms with Gasteiger partial charge in [-0.2, -0.15) is 0 Å². The van der Waals surface area contributed by atoms with Crippen LogP contribution in [0.15, 0.2) is 18.3 Å². The molecule has 2 unspecified atom stereocenters. The average molecular weight is 229 g/mol. The van der Waals surface area contributed by atoms with Crippen LogP contribution in [0.4, 0.5) is 0 Å². The molecule has 0 aliphatic carbocycles. The van der Waals surface area contributed by atoms with Gasteiger partial charge in [0, 0.05) is 11.9 Å². The van der Waals surface area contributed by atoms with Gasteiger partial charge in [0.05, 0.1) is 11.0 Å². The SMILES string of the molecule is O=S1(=O)CCCCC1C(O)c1ccc[nH]1. The van der Waals surface area contributed by atoms with Gasteiger partial charge in [0.15, 0.2) is 9.84 Å². The van der Waals surface area contributed by atoms with Crippen molar-refractivity contribution < 1.29 is 13.5 Å². The number of sulfone groups is 1. The molecule has 0 spiro atoms. The number of hydrogen-bond acceptors (Lipinski definition) is 3. The maximum absolute atomic E-state index is 11.7. The Morgan fingerprint density at radius 2 is 2.27 bits per heavy atom. The van der Waals surface area contributed by atoms with E-state index in [2.05, 4.69) is 4.98 Å². The van der Waals surface area contributed by atoms with Gasteiger partial charge in [0.1, 0.15) is 6.10 Å². The zero-order valence-corrected chi connectivity index (χ0v) is 9.20. The fourth-order valence-corrected chi connectivity index (χ4v) is 4.04. The second-order valence-electron chi connectivity index (χ2n) is 3.97. The van der Waals surface area contributed by atoms with Crippen molar-refractivity contribution in [3.63, 3.8) is 0 Å². The molecule has 1 aliphatic rings. The van der Waals surface area contributed by atoms with Crippen molar-refractivity contribution >= 4 is 9.84 Å². The third-order valence-corrected chi connectivity index (χ3v) is 5.20. The van der Waals surface area contributed by atoms with E-state index in [1.807, 2.05) is 0 Å². The van der Waals surface area contributed by atoms with Gasteiger partial charge < -0.3 is 10.1 Å². The fourth-order valence-electron chi connectivity index (χ4n) is 2.06. The Bertz CT molecular complexity index is 410. The number of aliphatic hydroxyl groups excluding tert-OH is 1. The second kappa shape index (κ2) is 3.98. The van der Waals surface area contributed by atoms with Crippen molar-refractivity contribution in [3.05, 3.63) is 24.0 Å². The topological polar surface area (TPSA) is 70.2 Å². The number of aromatic nitrogens is 1. The van der Waals surface area contributed by atoms with Crippen molar-refractivity contribution in [1.82, 2.24) is 4.98 Å². The van der Waals surface area contributed by atoms with Crippen LogP contribution in [-0.2, 0) is 9.84 Å². The molecule has 1 aliphatic heterocycles. The molecule has 1 aromatic heterocycles. The number of nitrogens with one attached hydrogen (secondary N) is 1. The van der Waals surface area contributed by atoms with Gasteiger partial charge in [-0.15, -0.1) is 0 Å². The highest BCUT2D eigenvalue weighted by atomic mass is 32.2. The average Bonchev–Trinajstić information content (AvgIpc) is 2.69. The Morgan fingerprint density at radius 1 is 1.47 bits per heavy atom. The van der Waals surface area contributed by atoms with Crippen LogP contribution in [0.2, 0.25) is 0 Å². The van der Waals surface area contributed by atoms with E-state index in [9.17, 15) is 13.5 Å². The zero-order valence-electron chi connectivity index (χ0n) is 8.39. The molecule has 15 heavy (non-hydrogen) atoms. The lowest BCUT2D eigenvalue weighted by atomic mass is 10.1. The predicted molar refractivity (Wildman–Crippen MR) is 57.2 cm³/mol. The third kappa shape index (κ3) is 2.08. The van der Waals surface area contributed by atoms with Gasteiger partial charge in [-0.1, -0.05) is 6.42 Å². The van der Waals surface area contributed by atoms with Crippen molar-refractivity contribution in [2.45, 2.75) is 30.6 Å². The van der Waals surface area contributed by atoms with E-state index in [1.54, 1.807) is 18.3 Å². The minimum absolute atomic E-state index is 0.204. The first-order valence-electron chi connectivity index (χ1n) is 5.14. The number of hydrogen-bond donors (Lipinski definition) is 2. The Balaban J connectivity index is 2.23. The molecule has 84 valence electrons. The standard InChI is InChI=1S/C10H15NO3S/c12-10(8-4-3-6-11-8)9-5-1-2-7-15(9,13)14/h3-4,6,9-12H,1-2,5,7H2. The molecule has 1 fully saturated rings. The smallest absolute Gasteiger partial charge is 0.156 e. The summed E-state index contributed by atoms with van der Waals surface area (Å²) >= 11 is 0. The number of aromatic amines is 1. The van der Waals surface area contributed by atoms with E-state index in [4.69, 9.17) is 0 Å². The molecule has 0 radical (unpaired) electrons. The van der Waals surface area contributed by atoms with Crippen LogP contribution in [0.25, 0.3) is 0 Å². The van der Waals surface area contributed by atoms with Gasteiger partial charge in [-0.25, -0.2) is 8.42 Å². The molecular weight excluding hydrogens is 214 g/mol. The summed E-state index contributed by atoms with van der Waals surface area (Å²) in [6, 6.07) is 3.47. The summed E-state index contributed by atoms with van der Waals surface area (Å²) in [5, 5.41) is 9.33. The summed E-state index contributed by atoms with van der Waals surface area (Å²) in [6.45, 7) is 0. The Hall–Kier alpha value is -0.810. The number of aliphatic hydroxyl groups is 1. The van der Waals surface area contributed by atoms with E-state index >= 15 is 0 Å². The molecule has 1 saturated heterocycles. The lowest BCUT2D eigenvalue weighted by Gasteiger charge is -2.26. The van der Waals surface area contributed by atoms with Crippen LogP contribution in [0.1, 0.15) is 31.1 Å². The van der Waals surface area contributed by atoms with Crippen LogP contribution >= 0.6 is 0 Å². The molecular formula is C10H15NO3S. The predicted octanol–water partition coefficient (Wildman–Crippen LogP) is 1.02. The van der Waals surface area contributed by atoms with Gasteiger partial charge in [0.2, 0.25) is 0 Å². The van der Waals surface area contributed by atoms with Crippen LogP contribution in [0.3, 0.4) is 0 Å². The fraction of sp³-hybridized carbons (Fsp3) is 0.600. The number of H-pyrrole nitrogens is 1. The minimum Gasteiger partial charge on any atom is -0.386 e. The maximum Gasteiger partial charge on any atom is 0.156 e. The lowest BCUT2D eigenvalue weighted by Crippen LogP contribution is -2.33. The summed E-state index contributed by atoms with van der Waals surface area (Å²) < 4.78 is 23.5. The third-order valence-electron chi connectivity index (χ3n) is 2.92. The Kier molecular flexibility index (Phi) is 2.84. The Morgan fingerprint density at radius 3 is 2.87 bits per heavy atom. The molecule has 4 nitrogen and oxygen atoms in total. The molecule has 2 atom stereocenters. The minimum atomic E-state index is -3.12. The van der Waals surface area contributed by atoms with E-state index in [1.165, 1.54) is 0 Å². The summed E-state index contributed by atoms with van der Waals surface area (Å²) in [4.78, 5) is 2.86. The van der Waals surface area contributed by atoms with E-state index in [0.717, 1.165) is 12.8 Å². The Labute approximate surface area is 89.2 Å². The molecule has 0 aromatic carbocycles. The molecule has 2 heterocycles. The molecule has 0 saturated carbocycles. The molecule has 5 heteroatoms. The largest absolute Gasteiger partial charge is 0.386 e. The summed E-state index contributed by atoms with van der Waals surface area (Å²) in [7, 11) is -3.12. The van der Waals surface area contributed by atoms with Gasteiger partial charge in [-0.05, 0) is 25.0 Å².